The Kier molecular flexibility index (Phi) is 10.3. The van der Waals surface area contributed by atoms with Crippen molar-refractivity contribution >= 4 is 18.0 Å². The van der Waals surface area contributed by atoms with Gasteiger partial charge in [0.05, 0.1) is 0 Å². The molecular weight excluding hydrogens is 375 g/mol. The fourth-order valence-corrected chi connectivity index (χ4v) is 4.24. The van der Waals surface area contributed by atoms with E-state index in [2.05, 4.69) is 23.8 Å². The summed E-state index contributed by atoms with van der Waals surface area (Å²) in [6.07, 6.45) is 11.4. The molecule has 1 aliphatic heterocycles. The molecule has 1 heterocycles. The van der Waals surface area contributed by atoms with E-state index in [1.165, 1.54) is 63.3 Å². The third-order valence-corrected chi connectivity index (χ3v) is 5.94. The number of likely N-dealkylation sites (tertiary alicyclic amines) is 1. The van der Waals surface area contributed by atoms with Crippen LogP contribution in [0.3, 0.4) is 0 Å². The van der Waals surface area contributed by atoms with Crippen molar-refractivity contribution in [2.24, 2.45) is 5.92 Å². The number of halogens is 1. The number of hydrogen-bond donors (Lipinski definition) is 1. The molecule has 0 radical (unpaired) electrons. The molecule has 1 N–H and O–H groups in total. The van der Waals surface area contributed by atoms with Crippen molar-refractivity contribution in [3.63, 3.8) is 0 Å². The van der Waals surface area contributed by atoms with Crippen LogP contribution in [0.15, 0.2) is 55.1 Å². The number of rotatable bonds is 3. The minimum Gasteiger partial charge on any atom is -0.388 e. The van der Waals surface area contributed by atoms with Crippen LogP contribution in [0, 0.1) is 11.7 Å². The van der Waals surface area contributed by atoms with E-state index in [-0.39, 0.29) is 5.82 Å². The highest BCUT2D eigenvalue weighted by Gasteiger charge is 2.30. The second-order valence-electron chi connectivity index (χ2n) is 7.98. The lowest BCUT2D eigenvalue weighted by atomic mass is 9.79. The number of hydrogen-bond acceptors (Lipinski definition) is 3. The zero-order valence-electron chi connectivity index (χ0n) is 18.3. The summed E-state index contributed by atoms with van der Waals surface area (Å²) in [5, 5.41) is 3.04. The number of carbonyl (C=O) groups excluding carboxylic acids is 1. The van der Waals surface area contributed by atoms with Gasteiger partial charge in [-0.1, -0.05) is 49.8 Å². The first-order chi connectivity index (χ1) is 14.6. The largest absolute Gasteiger partial charge is 0.388 e. The second kappa shape index (κ2) is 13.0. The van der Waals surface area contributed by atoms with Crippen LogP contribution in [-0.2, 0) is 0 Å². The molecule has 2 unspecified atom stereocenters. The molecule has 4 heteroatoms. The fraction of sp³-hybridized carbons (Fsp3) is 0.423. The Morgan fingerprint density at radius 1 is 1.03 bits per heavy atom. The van der Waals surface area contributed by atoms with Gasteiger partial charge in [-0.15, -0.1) is 0 Å². The Morgan fingerprint density at radius 3 is 2.30 bits per heavy atom. The minimum atomic E-state index is -0.375. The number of nitrogens with one attached hydrogen (secondary N) is 1. The third kappa shape index (κ3) is 7.75. The summed E-state index contributed by atoms with van der Waals surface area (Å²) < 4.78 is 12.2. The zero-order valence-corrected chi connectivity index (χ0v) is 18.3. The Bertz CT molecular complexity index is 773. The summed E-state index contributed by atoms with van der Waals surface area (Å²) in [5.74, 6) is 0.682. The fourth-order valence-electron chi connectivity index (χ4n) is 4.24. The predicted molar refractivity (Wildman–Crippen MR) is 125 cm³/mol. The predicted octanol–water partition coefficient (Wildman–Crippen LogP) is 6.28. The molecule has 3 nitrogen and oxygen atoms in total. The van der Waals surface area contributed by atoms with Crippen LogP contribution < -0.4 is 5.32 Å². The summed E-state index contributed by atoms with van der Waals surface area (Å²) in [6.45, 7) is 5.01. The van der Waals surface area contributed by atoms with Crippen molar-refractivity contribution in [2.75, 3.05) is 26.0 Å². The SMILES string of the molecule is C=Cc1ccc(NC)cc1.CN1CCCC2CCCCC21.O=Cc1cccc(F)c1. The molecule has 1 saturated carbocycles. The van der Waals surface area contributed by atoms with Crippen LogP contribution in [0.1, 0.15) is 54.4 Å². The average molecular weight is 411 g/mol. The molecule has 1 aliphatic carbocycles. The van der Waals surface area contributed by atoms with Gasteiger partial charge in [0, 0.05) is 24.3 Å². The summed E-state index contributed by atoms with van der Waals surface area (Å²) in [6, 6.07) is 14.6. The van der Waals surface area contributed by atoms with Crippen LogP contribution >= 0.6 is 0 Å². The first kappa shape index (κ1) is 23.8. The number of fused-ring (bicyclic) bond motifs is 1. The molecule has 2 fully saturated rings. The van der Waals surface area contributed by atoms with Crippen molar-refractivity contribution in [1.29, 1.82) is 0 Å². The van der Waals surface area contributed by atoms with Gasteiger partial charge in [-0.2, -0.15) is 0 Å². The lowest BCUT2D eigenvalue weighted by Crippen LogP contribution is -2.44. The van der Waals surface area contributed by atoms with E-state index in [0.29, 0.717) is 11.8 Å². The van der Waals surface area contributed by atoms with Gasteiger partial charge in [0.2, 0.25) is 0 Å². The molecule has 2 aromatic carbocycles. The van der Waals surface area contributed by atoms with Crippen LogP contribution in [0.5, 0.6) is 0 Å². The van der Waals surface area contributed by atoms with E-state index in [9.17, 15) is 9.18 Å². The lowest BCUT2D eigenvalue weighted by Gasteiger charge is -2.42. The average Bonchev–Trinajstić information content (AvgIpc) is 2.80. The Hall–Kier alpha value is -2.46. The number of nitrogens with zero attached hydrogens (tertiary/aromatic N) is 1. The van der Waals surface area contributed by atoms with Gasteiger partial charge in [0.15, 0.2) is 0 Å². The minimum absolute atomic E-state index is 0.370. The molecular formula is C26H35FN2O. The van der Waals surface area contributed by atoms with Gasteiger partial charge >= 0.3 is 0 Å². The highest BCUT2D eigenvalue weighted by Crippen LogP contribution is 2.34. The lowest BCUT2D eigenvalue weighted by molar-refractivity contribution is 0.0841. The van der Waals surface area contributed by atoms with Gasteiger partial charge in [-0.3, -0.25) is 4.79 Å². The van der Waals surface area contributed by atoms with Crippen LogP contribution in [0.25, 0.3) is 6.08 Å². The molecule has 30 heavy (non-hydrogen) atoms. The molecule has 0 aromatic heterocycles. The summed E-state index contributed by atoms with van der Waals surface area (Å²) in [7, 11) is 4.21. The molecule has 2 atom stereocenters. The first-order valence-corrected chi connectivity index (χ1v) is 10.9. The topological polar surface area (TPSA) is 32.3 Å². The number of piperidine rings is 1. The van der Waals surface area contributed by atoms with Crippen LogP contribution in [0.2, 0.25) is 0 Å². The quantitative estimate of drug-likeness (QED) is 0.604. The van der Waals surface area contributed by atoms with Crippen molar-refractivity contribution in [3.8, 4) is 0 Å². The van der Waals surface area contributed by atoms with Gasteiger partial charge in [-0.05, 0) is 75.0 Å². The standard InChI is InChI=1S/C10H19N.C9H11N.C7H5FO/c1-11-8-4-6-9-5-2-3-7-10(9)11;1-3-8-4-6-9(10-2)7-5-8;8-7-3-1-2-6(4-7)5-9/h9-10H,2-8H2,1H3;3-7,10H,1H2,2H3;1-5H. The van der Waals surface area contributed by atoms with E-state index >= 15 is 0 Å². The van der Waals surface area contributed by atoms with Gasteiger partial charge in [0.1, 0.15) is 12.1 Å². The molecule has 0 amide bonds. The smallest absolute Gasteiger partial charge is 0.150 e. The van der Waals surface area contributed by atoms with Crippen molar-refractivity contribution < 1.29 is 9.18 Å². The first-order valence-electron chi connectivity index (χ1n) is 10.9. The van der Waals surface area contributed by atoms with Gasteiger partial charge in [0.25, 0.3) is 0 Å². The molecule has 162 valence electrons. The Balaban J connectivity index is 0.000000161. The zero-order chi connectivity index (χ0) is 21.8. The van der Waals surface area contributed by atoms with Crippen molar-refractivity contribution in [2.45, 2.75) is 44.6 Å². The number of anilines is 1. The van der Waals surface area contributed by atoms with Crippen LogP contribution in [-0.4, -0.2) is 37.9 Å². The van der Waals surface area contributed by atoms with Crippen molar-refractivity contribution in [3.05, 3.63) is 72.1 Å². The third-order valence-electron chi connectivity index (χ3n) is 5.94. The van der Waals surface area contributed by atoms with E-state index in [1.54, 1.807) is 6.07 Å². The van der Waals surface area contributed by atoms with E-state index < -0.39 is 0 Å². The summed E-state index contributed by atoms with van der Waals surface area (Å²) in [4.78, 5) is 12.6. The number of carbonyl (C=O) groups is 1. The maximum Gasteiger partial charge on any atom is 0.150 e. The molecule has 4 rings (SSSR count). The van der Waals surface area contributed by atoms with E-state index in [4.69, 9.17) is 0 Å². The molecule has 2 aromatic rings. The molecule has 1 saturated heterocycles. The maximum atomic E-state index is 12.2. The summed E-state index contributed by atoms with van der Waals surface area (Å²) >= 11 is 0. The highest BCUT2D eigenvalue weighted by atomic mass is 19.1. The number of benzene rings is 2. The molecule has 0 bridgehead atoms. The second-order valence-corrected chi connectivity index (χ2v) is 7.98. The van der Waals surface area contributed by atoms with Gasteiger partial charge in [-0.25, -0.2) is 4.39 Å². The normalized spacial score (nSPS) is 20.4. The van der Waals surface area contributed by atoms with E-state index in [0.717, 1.165) is 23.2 Å². The van der Waals surface area contributed by atoms with E-state index in [1.807, 2.05) is 37.4 Å². The maximum absolute atomic E-state index is 12.2. The van der Waals surface area contributed by atoms with Crippen LogP contribution in [0.4, 0.5) is 10.1 Å². The van der Waals surface area contributed by atoms with Crippen molar-refractivity contribution in [1.82, 2.24) is 4.90 Å². The molecule has 2 aliphatic rings. The Labute approximate surface area is 181 Å². The number of aldehydes is 1. The molecule has 0 spiro atoms. The Morgan fingerprint density at radius 2 is 1.73 bits per heavy atom. The monoisotopic (exact) mass is 410 g/mol. The summed E-state index contributed by atoms with van der Waals surface area (Å²) in [5.41, 5.74) is 2.65. The highest BCUT2D eigenvalue weighted by molar-refractivity contribution is 5.74. The van der Waals surface area contributed by atoms with Gasteiger partial charge < -0.3 is 10.2 Å².